The fraction of sp³-hybridized carbons (Fsp3) is 0.471. The summed E-state index contributed by atoms with van der Waals surface area (Å²) in [6, 6.07) is 7.88. The van der Waals surface area contributed by atoms with Gasteiger partial charge in [-0.05, 0) is 43.2 Å². The molecule has 0 saturated carbocycles. The highest BCUT2D eigenvalue weighted by molar-refractivity contribution is 7.98. The van der Waals surface area contributed by atoms with E-state index < -0.39 is 0 Å². The molecule has 3 rings (SSSR count). The van der Waals surface area contributed by atoms with Crippen LogP contribution in [0, 0.1) is 5.92 Å². The van der Waals surface area contributed by atoms with Gasteiger partial charge in [-0.2, -0.15) is 0 Å². The van der Waals surface area contributed by atoms with Crippen LogP contribution in [0.4, 0.5) is 10.5 Å². The summed E-state index contributed by atoms with van der Waals surface area (Å²) in [5.74, 6) is 0.510. The SMILES string of the molecule is CSc1cccc(NC(=O)N2CCC(Cn3cc(CN)nn3)CC2)c1. The highest BCUT2D eigenvalue weighted by Crippen LogP contribution is 2.22. The zero-order valence-electron chi connectivity index (χ0n) is 14.4. The number of benzene rings is 1. The molecule has 8 heteroatoms. The number of aromatic nitrogens is 3. The van der Waals surface area contributed by atoms with E-state index in [9.17, 15) is 4.79 Å². The molecule has 1 aromatic carbocycles. The Bertz CT molecular complexity index is 711. The molecule has 0 unspecified atom stereocenters. The molecule has 2 heterocycles. The van der Waals surface area contributed by atoms with E-state index in [2.05, 4.69) is 15.6 Å². The number of thioether (sulfide) groups is 1. The Morgan fingerprint density at radius 1 is 1.40 bits per heavy atom. The van der Waals surface area contributed by atoms with Gasteiger partial charge in [-0.15, -0.1) is 16.9 Å². The van der Waals surface area contributed by atoms with Gasteiger partial charge in [0, 0.05) is 43.0 Å². The Morgan fingerprint density at radius 3 is 2.88 bits per heavy atom. The Morgan fingerprint density at radius 2 is 2.20 bits per heavy atom. The Balaban J connectivity index is 1.48. The second-order valence-corrected chi connectivity index (χ2v) is 7.11. The van der Waals surface area contributed by atoms with Gasteiger partial charge in [-0.3, -0.25) is 4.68 Å². The number of rotatable bonds is 5. The van der Waals surface area contributed by atoms with Gasteiger partial charge in [0.05, 0.1) is 5.69 Å². The number of anilines is 1. The lowest BCUT2D eigenvalue weighted by Crippen LogP contribution is -2.41. The number of carbonyl (C=O) groups is 1. The third-order valence-corrected chi connectivity index (χ3v) is 5.19. The third kappa shape index (κ3) is 4.73. The number of urea groups is 1. The van der Waals surface area contributed by atoms with Crippen LogP contribution in [-0.4, -0.2) is 45.3 Å². The summed E-state index contributed by atoms with van der Waals surface area (Å²) in [4.78, 5) is 15.5. The van der Waals surface area contributed by atoms with E-state index in [-0.39, 0.29) is 6.03 Å². The molecule has 7 nitrogen and oxygen atoms in total. The predicted octanol–water partition coefficient (Wildman–Crippen LogP) is 2.40. The summed E-state index contributed by atoms with van der Waals surface area (Å²) in [5.41, 5.74) is 7.21. The van der Waals surface area contributed by atoms with Crippen molar-refractivity contribution >= 4 is 23.5 Å². The molecule has 2 aromatic rings. The standard InChI is InChI=1S/C17H24N6OS/c1-25-16-4-2-3-14(9-16)19-17(24)22-7-5-13(6-8-22)11-23-12-15(10-18)20-21-23/h2-4,9,12-13H,5-8,10-11,18H2,1H3,(H,19,24). The monoisotopic (exact) mass is 360 g/mol. The average molecular weight is 360 g/mol. The van der Waals surface area contributed by atoms with Crippen LogP contribution in [0.2, 0.25) is 0 Å². The van der Waals surface area contributed by atoms with Crippen molar-refractivity contribution in [2.75, 3.05) is 24.7 Å². The van der Waals surface area contributed by atoms with Crippen LogP contribution in [0.1, 0.15) is 18.5 Å². The van der Waals surface area contributed by atoms with Crippen molar-refractivity contribution in [2.24, 2.45) is 11.7 Å². The minimum absolute atomic E-state index is 0.0251. The van der Waals surface area contributed by atoms with Crippen LogP contribution in [0.25, 0.3) is 0 Å². The second-order valence-electron chi connectivity index (χ2n) is 6.23. The normalized spacial score (nSPS) is 15.4. The largest absolute Gasteiger partial charge is 0.325 e. The van der Waals surface area contributed by atoms with E-state index >= 15 is 0 Å². The molecule has 25 heavy (non-hydrogen) atoms. The second kappa shape index (κ2) is 8.35. The molecule has 0 radical (unpaired) electrons. The zero-order chi connectivity index (χ0) is 17.6. The fourth-order valence-electron chi connectivity index (χ4n) is 3.01. The molecule has 1 aromatic heterocycles. The Kier molecular flexibility index (Phi) is 5.93. The average Bonchev–Trinajstić information content (AvgIpc) is 3.10. The van der Waals surface area contributed by atoms with Gasteiger partial charge in [0.25, 0.3) is 0 Å². The highest BCUT2D eigenvalue weighted by atomic mass is 32.2. The first-order valence-corrected chi connectivity index (χ1v) is 9.69. The number of hydrogen-bond acceptors (Lipinski definition) is 5. The quantitative estimate of drug-likeness (QED) is 0.799. The van der Waals surface area contributed by atoms with Crippen molar-refractivity contribution in [3.63, 3.8) is 0 Å². The van der Waals surface area contributed by atoms with Gasteiger partial charge >= 0.3 is 6.03 Å². The predicted molar refractivity (Wildman–Crippen MR) is 99.5 cm³/mol. The lowest BCUT2D eigenvalue weighted by atomic mass is 9.97. The number of carbonyl (C=O) groups excluding carboxylic acids is 1. The zero-order valence-corrected chi connectivity index (χ0v) is 15.2. The lowest BCUT2D eigenvalue weighted by Gasteiger charge is -2.31. The summed E-state index contributed by atoms with van der Waals surface area (Å²) in [6.45, 7) is 2.77. The van der Waals surface area contributed by atoms with Crippen LogP contribution in [0.15, 0.2) is 35.4 Å². The molecule has 1 aliphatic rings. The molecule has 2 amide bonds. The number of nitrogens with one attached hydrogen (secondary N) is 1. The number of likely N-dealkylation sites (tertiary alicyclic amines) is 1. The van der Waals surface area contributed by atoms with Crippen LogP contribution < -0.4 is 11.1 Å². The summed E-state index contributed by atoms with van der Waals surface area (Å²) in [5, 5.41) is 11.1. The van der Waals surface area contributed by atoms with Gasteiger partial charge in [-0.25, -0.2) is 4.79 Å². The van der Waals surface area contributed by atoms with Gasteiger partial charge in [0.1, 0.15) is 0 Å². The van der Waals surface area contributed by atoms with Gasteiger partial charge in [0.15, 0.2) is 0 Å². The number of piperidine rings is 1. The minimum Gasteiger partial charge on any atom is -0.325 e. The molecule has 0 spiro atoms. The first-order valence-electron chi connectivity index (χ1n) is 8.47. The first-order chi connectivity index (χ1) is 12.2. The molecule has 3 N–H and O–H groups in total. The van der Waals surface area contributed by atoms with E-state index in [0.717, 1.165) is 48.8 Å². The Hall–Kier alpha value is -2.06. The molecular formula is C17H24N6OS. The maximum atomic E-state index is 12.4. The smallest absolute Gasteiger partial charge is 0.321 e. The topological polar surface area (TPSA) is 89.1 Å². The van der Waals surface area contributed by atoms with Crippen LogP contribution in [0.3, 0.4) is 0 Å². The van der Waals surface area contributed by atoms with E-state index in [1.807, 2.05) is 46.3 Å². The number of nitrogens with zero attached hydrogens (tertiary/aromatic N) is 4. The summed E-state index contributed by atoms with van der Waals surface area (Å²) < 4.78 is 1.86. The van der Waals surface area contributed by atoms with Crippen molar-refractivity contribution in [3.8, 4) is 0 Å². The maximum Gasteiger partial charge on any atom is 0.321 e. The minimum atomic E-state index is -0.0251. The number of hydrogen-bond donors (Lipinski definition) is 2. The summed E-state index contributed by atoms with van der Waals surface area (Å²) >= 11 is 1.66. The highest BCUT2D eigenvalue weighted by Gasteiger charge is 2.23. The molecule has 134 valence electrons. The van der Waals surface area contributed by atoms with Crippen LogP contribution >= 0.6 is 11.8 Å². The van der Waals surface area contributed by atoms with Gasteiger partial charge in [0.2, 0.25) is 0 Å². The Labute approximate surface area is 151 Å². The van der Waals surface area contributed by atoms with Crippen LogP contribution in [-0.2, 0) is 13.1 Å². The molecule has 1 aliphatic heterocycles. The fourth-order valence-corrected chi connectivity index (χ4v) is 3.47. The van der Waals surface area contributed by atoms with Crippen molar-refractivity contribution < 1.29 is 4.79 Å². The van der Waals surface area contributed by atoms with Crippen molar-refractivity contribution in [3.05, 3.63) is 36.2 Å². The van der Waals surface area contributed by atoms with E-state index in [1.54, 1.807) is 11.8 Å². The third-order valence-electron chi connectivity index (χ3n) is 4.46. The van der Waals surface area contributed by atoms with E-state index in [4.69, 9.17) is 5.73 Å². The van der Waals surface area contributed by atoms with Crippen molar-refractivity contribution in [1.82, 2.24) is 19.9 Å². The van der Waals surface area contributed by atoms with Crippen molar-refractivity contribution in [2.45, 2.75) is 30.8 Å². The molecule has 0 bridgehead atoms. The van der Waals surface area contributed by atoms with Gasteiger partial charge < -0.3 is 16.0 Å². The summed E-state index contributed by atoms with van der Waals surface area (Å²) in [7, 11) is 0. The summed E-state index contributed by atoms with van der Waals surface area (Å²) in [6.07, 6.45) is 5.86. The molecule has 1 saturated heterocycles. The van der Waals surface area contributed by atoms with Crippen molar-refractivity contribution in [1.29, 1.82) is 0 Å². The number of amides is 2. The van der Waals surface area contributed by atoms with E-state index in [1.165, 1.54) is 0 Å². The maximum absolute atomic E-state index is 12.4. The molecular weight excluding hydrogens is 336 g/mol. The molecule has 0 aliphatic carbocycles. The van der Waals surface area contributed by atoms with Gasteiger partial charge in [-0.1, -0.05) is 11.3 Å². The molecule has 1 fully saturated rings. The number of nitrogens with two attached hydrogens (primary N) is 1. The first kappa shape index (κ1) is 17.8. The molecule has 0 atom stereocenters. The van der Waals surface area contributed by atoms with Crippen LogP contribution in [0.5, 0.6) is 0 Å². The van der Waals surface area contributed by atoms with E-state index in [0.29, 0.717) is 12.5 Å². The lowest BCUT2D eigenvalue weighted by molar-refractivity contribution is 0.175.